The summed E-state index contributed by atoms with van der Waals surface area (Å²) >= 11 is 0. The number of nitrogens with two attached hydrogens (primary N) is 1. The maximum atomic E-state index is 11.8. The van der Waals surface area contributed by atoms with E-state index in [4.69, 9.17) is 21.1 Å². The number of phenolic OH excluding ortho intramolecular Hbond substituents is 4. The van der Waals surface area contributed by atoms with Crippen molar-refractivity contribution in [1.82, 2.24) is 5.32 Å². The Balaban J connectivity index is 0.000000266. The molecule has 44 heavy (non-hydrogen) atoms. The number of benzene rings is 3. The number of amides is 1. The summed E-state index contributed by atoms with van der Waals surface area (Å²) in [6, 6.07) is 18.3. The molecule has 13 heteroatoms. The number of carbonyl (C=O) groups excluding carboxylic acids is 1. The summed E-state index contributed by atoms with van der Waals surface area (Å²) in [5.41, 5.74) is 7.89. The summed E-state index contributed by atoms with van der Waals surface area (Å²) in [4.78, 5) is 22.0. The number of allylic oxidation sites excluding steroid dienone is 1. The van der Waals surface area contributed by atoms with Crippen LogP contribution in [0, 0.1) is 0 Å². The molecular weight excluding hydrogens is 576 g/mol. The highest BCUT2D eigenvalue weighted by Crippen LogP contribution is 2.28. The van der Waals surface area contributed by atoms with E-state index in [2.05, 4.69) is 17.4 Å². The molecule has 3 aromatic carbocycles. The van der Waals surface area contributed by atoms with Crippen LogP contribution in [-0.2, 0) is 29.0 Å². The van der Waals surface area contributed by atoms with Gasteiger partial charge in [0.05, 0.1) is 12.8 Å². The molecule has 236 valence electrons. The van der Waals surface area contributed by atoms with Crippen LogP contribution in [0.5, 0.6) is 23.0 Å². The number of phenols is 4. The number of carboxylic acid groups (broad SMARTS) is 1. The second-order valence-corrected chi connectivity index (χ2v) is 9.70. The van der Waals surface area contributed by atoms with Crippen LogP contribution in [0.25, 0.3) is 0 Å². The lowest BCUT2D eigenvalue weighted by Crippen LogP contribution is -2.53. The molecule has 0 saturated carbocycles. The first-order chi connectivity index (χ1) is 20.6. The van der Waals surface area contributed by atoms with Gasteiger partial charge in [0, 0.05) is 6.54 Å². The molecular formula is C31H36N2O11. The minimum absolute atomic E-state index is 0.0942. The van der Waals surface area contributed by atoms with E-state index >= 15 is 0 Å². The quantitative estimate of drug-likeness (QED) is 0.125. The van der Waals surface area contributed by atoms with Gasteiger partial charge in [0.25, 0.3) is 0 Å². The lowest BCUT2D eigenvalue weighted by molar-refractivity contribution is -0.308. The molecule has 13 nitrogen and oxygen atoms in total. The smallest absolute Gasteiger partial charge is 0.307 e. The average Bonchev–Trinajstić information content (AvgIpc) is 2.95. The van der Waals surface area contributed by atoms with Gasteiger partial charge in [-0.3, -0.25) is 9.59 Å². The van der Waals surface area contributed by atoms with E-state index in [1.165, 1.54) is 48.0 Å². The molecule has 1 amide bonds. The summed E-state index contributed by atoms with van der Waals surface area (Å²) in [5, 5.41) is 85.0. The van der Waals surface area contributed by atoms with Gasteiger partial charge in [-0.2, -0.15) is 0 Å². The molecule has 1 aliphatic rings. The number of carbonyl (C=O) groups is 2. The summed E-state index contributed by atoms with van der Waals surface area (Å²) < 4.78 is 0. The molecule has 12 N–H and O–H groups in total. The highest BCUT2D eigenvalue weighted by atomic mass is 16.6. The van der Waals surface area contributed by atoms with E-state index in [0.29, 0.717) is 11.1 Å². The Morgan fingerprint density at radius 3 is 1.80 bits per heavy atom. The van der Waals surface area contributed by atoms with Crippen LogP contribution in [0.1, 0.15) is 23.1 Å². The SMILES string of the molecule is NCCc1ccccc1.O=C(CC1=CC(O)(O)C(O)(O)C=C1)NCc1ccc(O)c(O)c1.O=C(O)Cc1ccc(O)c(O)c1. The van der Waals surface area contributed by atoms with Crippen molar-refractivity contribution in [3.63, 3.8) is 0 Å². The first-order valence-electron chi connectivity index (χ1n) is 13.2. The highest BCUT2D eigenvalue weighted by molar-refractivity contribution is 5.79. The molecule has 4 rings (SSSR count). The molecule has 0 atom stereocenters. The number of nitrogens with one attached hydrogen (secondary N) is 1. The van der Waals surface area contributed by atoms with E-state index in [0.717, 1.165) is 25.1 Å². The van der Waals surface area contributed by atoms with Gasteiger partial charge in [0.2, 0.25) is 17.5 Å². The Hall–Kier alpha value is -4.92. The molecule has 3 aromatic rings. The fourth-order valence-electron chi connectivity index (χ4n) is 3.66. The minimum Gasteiger partial charge on any atom is -0.504 e. The molecule has 0 aliphatic heterocycles. The van der Waals surface area contributed by atoms with Crippen LogP contribution in [0.15, 0.2) is 90.5 Å². The van der Waals surface area contributed by atoms with Crippen LogP contribution >= 0.6 is 0 Å². The molecule has 1 aliphatic carbocycles. The van der Waals surface area contributed by atoms with Crippen LogP contribution in [0.4, 0.5) is 0 Å². The summed E-state index contributed by atoms with van der Waals surface area (Å²) in [7, 11) is 0. The number of rotatable bonds is 8. The van der Waals surface area contributed by atoms with Crippen molar-refractivity contribution in [2.45, 2.75) is 37.4 Å². The number of hydrogen-bond donors (Lipinski definition) is 11. The van der Waals surface area contributed by atoms with Crippen molar-refractivity contribution >= 4 is 11.9 Å². The van der Waals surface area contributed by atoms with Crippen LogP contribution in [0.3, 0.4) is 0 Å². The number of carboxylic acids is 1. The Morgan fingerprint density at radius 2 is 1.27 bits per heavy atom. The van der Waals surface area contributed by atoms with Gasteiger partial charge >= 0.3 is 5.97 Å². The third kappa shape index (κ3) is 11.4. The van der Waals surface area contributed by atoms with Gasteiger partial charge in [-0.05, 0) is 71.6 Å². The zero-order valence-electron chi connectivity index (χ0n) is 23.5. The number of aromatic hydroxyl groups is 4. The topological polar surface area (TPSA) is 254 Å². The Labute approximate surface area is 252 Å². The summed E-state index contributed by atoms with van der Waals surface area (Å²) in [5.74, 6) is -8.25. The van der Waals surface area contributed by atoms with Gasteiger partial charge in [-0.15, -0.1) is 0 Å². The largest absolute Gasteiger partial charge is 0.504 e. The Kier molecular flexibility index (Phi) is 12.9. The standard InChI is InChI=1S/C15H17NO7.C8H11N.C8H8O4/c17-11-2-1-10(5-12(11)18)8-16-13(19)6-9-3-4-14(20,21)15(22,23)7-9;9-7-6-8-4-2-1-3-5-8;9-6-2-1-5(3-7(6)10)4-8(11)12/h1-5,7,17-18,20-23H,6,8H2,(H,16,19);1-5H,6-7,9H2;1-3,9-10H,4H2,(H,11,12). The predicted octanol–water partition coefficient (Wildman–Crippen LogP) is 0.875. The fraction of sp³-hybridized carbons (Fsp3) is 0.226. The first-order valence-corrected chi connectivity index (χ1v) is 13.2. The van der Waals surface area contributed by atoms with Crippen molar-refractivity contribution in [3.05, 3.63) is 107 Å². The molecule has 0 spiro atoms. The highest BCUT2D eigenvalue weighted by Gasteiger charge is 2.45. The first kappa shape index (κ1) is 35.3. The molecule has 0 fully saturated rings. The molecule has 0 saturated heterocycles. The second-order valence-electron chi connectivity index (χ2n) is 9.70. The Bertz CT molecular complexity index is 1470. The molecule has 0 radical (unpaired) electrons. The summed E-state index contributed by atoms with van der Waals surface area (Å²) in [6.45, 7) is 0.834. The molecule has 0 unspecified atom stereocenters. The normalized spacial score (nSPS) is 14.2. The molecule has 0 bridgehead atoms. The maximum absolute atomic E-state index is 11.8. The van der Waals surface area contributed by atoms with Gasteiger partial charge in [-0.1, -0.05) is 48.5 Å². The van der Waals surface area contributed by atoms with Gasteiger partial charge < -0.3 is 57.0 Å². The Morgan fingerprint density at radius 1 is 0.705 bits per heavy atom. The molecule has 0 heterocycles. The number of aliphatic hydroxyl groups is 4. The lowest BCUT2D eigenvalue weighted by atomic mass is 9.94. The fourth-order valence-corrected chi connectivity index (χ4v) is 3.66. The van der Waals surface area contributed by atoms with Crippen LogP contribution in [-0.4, -0.2) is 76.0 Å². The van der Waals surface area contributed by atoms with Crippen LogP contribution in [0.2, 0.25) is 0 Å². The number of aliphatic carboxylic acids is 1. The van der Waals surface area contributed by atoms with Crippen LogP contribution < -0.4 is 11.1 Å². The van der Waals surface area contributed by atoms with E-state index in [9.17, 15) is 40.2 Å². The minimum atomic E-state index is -2.89. The van der Waals surface area contributed by atoms with Gasteiger partial charge in [-0.25, -0.2) is 0 Å². The van der Waals surface area contributed by atoms with Crippen molar-refractivity contribution in [3.8, 4) is 23.0 Å². The maximum Gasteiger partial charge on any atom is 0.307 e. The van der Waals surface area contributed by atoms with Crippen molar-refractivity contribution < 1.29 is 55.5 Å². The summed E-state index contributed by atoms with van der Waals surface area (Å²) in [6.07, 6.45) is 3.37. The van der Waals surface area contributed by atoms with E-state index in [1.54, 1.807) is 0 Å². The van der Waals surface area contributed by atoms with Crippen molar-refractivity contribution in [2.24, 2.45) is 5.73 Å². The van der Waals surface area contributed by atoms with E-state index in [1.807, 2.05) is 18.2 Å². The zero-order valence-corrected chi connectivity index (χ0v) is 23.5. The van der Waals surface area contributed by atoms with Crippen molar-refractivity contribution in [2.75, 3.05) is 6.54 Å². The predicted molar refractivity (Wildman–Crippen MR) is 158 cm³/mol. The third-order valence-electron chi connectivity index (χ3n) is 6.02. The lowest BCUT2D eigenvalue weighted by Gasteiger charge is -2.33. The number of hydrogen-bond acceptors (Lipinski definition) is 11. The monoisotopic (exact) mass is 612 g/mol. The van der Waals surface area contributed by atoms with Crippen molar-refractivity contribution in [1.29, 1.82) is 0 Å². The van der Waals surface area contributed by atoms with E-state index in [-0.39, 0.29) is 48.0 Å². The molecule has 0 aromatic heterocycles. The second kappa shape index (κ2) is 16.1. The van der Waals surface area contributed by atoms with Gasteiger partial charge in [0.1, 0.15) is 0 Å². The van der Waals surface area contributed by atoms with E-state index < -0.39 is 23.5 Å². The average molecular weight is 613 g/mol. The zero-order chi connectivity index (χ0) is 32.9. The van der Waals surface area contributed by atoms with Gasteiger partial charge in [0.15, 0.2) is 23.0 Å². The third-order valence-corrected chi connectivity index (χ3v) is 6.02.